The quantitative estimate of drug-likeness (QED) is 0.417. The zero-order chi connectivity index (χ0) is 9.68. The van der Waals surface area contributed by atoms with Gasteiger partial charge in [0, 0.05) is 13.2 Å². The molecule has 2 N–H and O–H groups in total. The summed E-state index contributed by atoms with van der Waals surface area (Å²) >= 11 is 0. The first kappa shape index (κ1) is 9.30. The average Bonchev–Trinajstić information content (AvgIpc) is 2.15. The van der Waals surface area contributed by atoms with E-state index in [1.165, 1.54) is 5.01 Å². The van der Waals surface area contributed by atoms with Crippen molar-refractivity contribution in [2.45, 2.75) is 0 Å². The molecule has 3 nitrogen and oxygen atoms in total. The maximum atomic E-state index is 8.83. The van der Waals surface area contributed by atoms with E-state index in [0.29, 0.717) is 5.57 Å². The Morgan fingerprint density at radius 2 is 2.08 bits per heavy atom. The highest BCUT2D eigenvalue weighted by atomic mass is 15.4. The maximum Gasteiger partial charge on any atom is 0.101 e. The Balaban J connectivity index is 3.00. The highest BCUT2D eigenvalue weighted by Crippen LogP contribution is 2.12. The SMILES string of the molecule is CN(N)C=C(C#N)c1ccccc1. The molecule has 0 bridgehead atoms. The number of nitrogens with two attached hydrogens (primary N) is 1. The van der Waals surface area contributed by atoms with E-state index in [1.54, 1.807) is 13.2 Å². The summed E-state index contributed by atoms with van der Waals surface area (Å²) in [5.74, 6) is 5.41. The van der Waals surface area contributed by atoms with Crippen LogP contribution in [-0.4, -0.2) is 12.1 Å². The van der Waals surface area contributed by atoms with Gasteiger partial charge in [0.05, 0.1) is 5.57 Å². The van der Waals surface area contributed by atoms with Gasteiger partial charge < -0.3 is 5.01 Å². The normalized spacial score (nSPS) is 10.7. The third-order valence-electron chi connectivity index (χ3n) is 1.54. The molecule has 0 radical (unpaired) electrons. The summed E-state index contributed by atoms with van der Waals surface area (Å²) < 4.78 is 0. The molecule has 0 amide bonds. The fourth-order valence-corrected chi connectivity index (χ4v) is 0.989. The summed E-state index contributed by atoms with van der Waals surface area (Å²) in [7, 11) is 1.68. The van der Waals surface area contributed by atoms with Crippen molar-refractivity contribution in [3.63, 3.8) is 0 Å². The molecule has 13 heavy (non-hydrogen) atoms. The Morgan fingerprint density at radius 1 is 1.46 bits per heavy atom. The molecule has 0 heterocycles. The summed E-state index contributed by atoms with van der Waals surface area (Å²) in [6.07, 6.45) is 1.59. The Kier molecular flexibility index (Phi) is 3.07. The highest BCUT2D eigenvalue weighted by Gasteiger charge is 1.98. The number of benzene rings is 1. The van der Waals surface area contributed by atoms with Crippen LogP contribution in [0.3, 0.4) is 0 Å². The molecule has 0 fully saturated rings. The summed E-state index contributed by atoms with van der Waals surface area (Å²) in [4.78, 5) is 0. The first-order chi connectivity index (χ1) is 6.24. The van der Waals surface area contributed by atoms with Gasteiger partial charge in [-0.25, -0.2) is 5.84 Å². The Morgan fingerprint density at radius 3 is 2.54 bits per heavy atom. The third-order valence-corrected chi connectivity index (χ3v) is 1.54. The Labute approximate surface area is 77.7 Å². The van der Waals surface area contributed by atoms with Gasteiger partial charge in [0.2, 0.25) is 0 Å². The van der Waals surface area contributed by atoms with Crippen LogP contribution in [0.2, 0.25) is 0 Å². The first-order valence-electron chi connectivity index (χ1n) is 3.89. The van der Waals surface area contributed by atoms with Crippen LogP contribution in [0.5, 0.6) is 0 Å². The fourth-order valence-electron chi connectivity index (χ4n) is 0.989. The van der Waals surface area contributed by atoms with Crippen molar-refractivity contribution in [2.24, 2.45) is 5.84 Å². The van der Waals surface area contributed by atoms with E-state index in [4.69, 9.17) is 11.1 Å². The second-order valence-electron chi connectivity index (χ2n) is 2.69. The van der Waals surface area contributed by atoms with E-state index in [0.717, 1.165) is 5.56 Å². The molecule has 0 atom stereocenters. The maximum absolute atomic E-state index is 8.83. The number of hydrogen-bond donors (Lipinski definition) is 1. The van der Waals surface area contributed by atoms with Crippen LogP contribution in [0.25, 0.3) is 5.57 Å². The predicted molar refractivity (Wildman–Crippen MR) is 52.0 cm³/mol. The molecule has 1 aromatic rings. The van der Waals surface area contributed by atoms with Crippen molar-refractivity contribution in [3.05, 3.63) is 42.1 Å². The summed E-state index contributed by atoms with van der Waals surface area (Å²) in [6, 6.07) is 11.5. The zero-order valence-electron chi connectivity index (χ0n) is 7.44. The van der Waals surface area contributed by atoms with Gasteiger partial charge in [0.1, 0.15) is 6.07 Å². The van der Waals surface area contributed by atoms with Gasteiger partial charge in [-0.2, -0.15) is 5.26 Å². The lowest BCUT2D eigenvalue weighted by Gasteiger charge is -2.05. The van der Waals surface area contributed by atoms with Crippen LogP contribution >= 0.6 is 0 Å². The van der Waals surface area contributed by atoms with Gasteiger partial charge in [0.15, 0.2) is 0 Å². The van der Waals surface area contributed by atoms with Crippen molar-refractivity contribution in [1.29, 1.82) is 5.26 Å². The fraction of sp³-hybridized carbons (Fsp3) is 0.100. The molecule has 0 unspecified atom stereocenters. The molecule has 0 aromatic heterocycles. The third kappa shape index (κ3) is 2.62. The number of hydrazine groups is 1. The lowest BCUT2D eigenvalue weighted by Crippen LogP contribution is -2.19. The monoisotopic (exact) mass is 173 g/mol. The average molecular weight is 173 g/mol. The number of rotatable bonds is 2. The smallest absolute Gasteiger partial charge is 0.101 e. The number of nitrogens with zero attached hydrogens (tertiary/aromatic N) is 2. The minimum atomic E-state index is 0.561. The molecule has 0 aliphatic carbocycles. The molecule has 0 aliphatic heterocycles. The van der Waals surface area contributed by atoms with Crippen LogP contribution < -0.4 is 5.84 Å². The van der Waals surface area contributed by atoms with Gasteiger partial charge in [-0.05, 0) is 5.56 Å². The van der Waals surface area contributed by atoms with Crippen molar-refractivity contribution >= 4 is 5.57 Å². The zero-order valence-corrected chi connectivity index (χ0v) is 7.44. The molecule has 1 aromatic carbocycles. The van der Waals surface area contributed by atoms with E-state index in [1.807, 2.05) is 30.3 Å². The van der Waals surface area contributed by atoms with E-state index in [2.05, 4.69) is 6.07 Å². The van der Waals surface area contributed by atoms with Gasteiger partial charge in [0.25, 0.3) is 0 Å². The van der Waals surface area contributed by atoms with Gasteiger partial charge in [-0.3, -0.25) is 0 Å². The standard InChI is InChI=1S/C10H11N3/c1-13(12)8-10(7-11)9-5-3-2-4-6-9/h2-6,8H,12H2,1H3. The van der Waals surface area contributed by atoms with E-state index < -0.39 is 0 Å². The van der Waals surface area contributed by atoms with E-state index in [-0.39, 0.29) is 0 Å². The lowest BCUT2D eigenvalue weighted by atomic mass is 10.1. The minimum absolute atomic E-state index is 0.561. The molecule has 3 heteroatoms. The Bertz CT molecular complexity index is 333. The van der Waals surface area contributed by atoms with Gasteiger partial charge in [-0.1, -0.05) is 30.3 Å². The second-order valence-corrected chi connectivity index (χ2v) is 2.69. The highest BCUT2D eigenvalue weighted by molar-refractivity contribution is 5.76. The van der Waals surface area contributed by atoms with Gasteiger partial charge >= 0.3 is 0 Å². The lowest BCUT2D eigenvalue weighted by molar-refractivity contribution is 0.487. The Hall–Kier alpha value is -1.79. The van der Waals surface area contributed by atoms with Crippen molar-refractivity contribution < 1.29 is 0 Å². The largest absolute Gasteiger partial charge is 0.320 e. The molecule has 1 rings (SSSR count). The van der Waals surface area contributed by atoms with Crippen molar-refractivity contribution in [3.8, 4) is 6.07 Å². The number of nitriles is 1. The number of hydrogen-bond acceptors (Lipinski definition) is 3. The summed E-state index contributed by atoms with van der Waals surface area (Å²) in [6.45, 7) is 0. The molecule has 0 spiro atoms. The first-order valence-corrected chi connectivity index (χ1v) is 3.89. The van der Waals surface area contributed by atoms with Crippen LogP contribution in [0.4, 0.5) is 0 Å². The van der Waals surface area contributed by atoms with Crippen LogP contribution in [0.15, 0.2) is 36.5 Å². The van der Waals surface area contributed by atoms with Gasteiger partial charge in [-0.15, -0.1) is 0 Å². The molecule has 66 valence electrons. The summed E-state index contributed by atoms with van der Waals surface area (Å²) in [5.41, 5.74) is 1.44. The van der Waals surface area contributed by atoms with E-state index in [9.17, 15) is 0 Å². The van der Waals surface area contributed by atoms with E-state index >= 15 is 0 Å². The summed E-state index contributed by atoms with van der Waals surface area (Å²) in [5, 5.41) is 10.2. The molecule has 0 aliphatic rings. The van der Waals surface area contributed by atoms with Crippen molar-refractivity contribution in [2.75, 3.05) is 7.05 Å². The van der Waals surface area contributed by atoms with Crippen LogP contribution in [0, 0.1) is 11.3 Å². The molecular formula is C10H11N3. The second kappa shape index (κ2) is 4.29. The molecular weight excluding hydrogens is 162 g/mol. The van der Waals surface area contributed by atoms with Crippen LogP contribution in [0.1, 0.15) is 5.56 Å². The molecule has 0 saturated heterocycles. The van der Waals surface area contributed by atoms with Crippen molar-refractivity contribution in [1.82, 2.24) is 5.01 Å². The number of allylic oxidation sites excluding steroid dienone is 1. The predicted octanol–water partition coefficient (Wildman–Crippen LogP) is 1.36. The topological polar surface area (TPSA) is 53.0 Å². The molecule has 0 saturated carbocycles. The van der Waals surface area contributed by atoms with Crippen LogP contribution in [-0.2, 0) is 0 Å². The minimum Gasteiger partial charge on any atom is -0.320 e.